The van der Waals surface area contributed by atoms with Crippen LogP contribution in [0.1, 0.15) is 18.5 Å². The van der Waals surface area contributed by atoms with Gasteiger partial charge in [0.15, 0.2) is 0 Å². The Morgan fingerprint density at radius 2 is 2.26 bits per heavy atom. The van der Waals surface area contributed by atoms with Crippen molar-refractivity contribution in [2.24, 2.45) is 5.92 Å². The second-order valence-electron chi connectivity index (χ2n) is 4.59. The second kappa shape index (κ2) is 6.12. The summed E-state index contributed by atoms with van der Waals surface area (Å²) in [4.78, 5) is 24.0. The summed E-state index contributed by atoms with van der Waals surface area (Å²) in [6, 6.07) is 3.10. The molecule has 102 valence electrons. The summed E-state index contributed by atoms with van der Waals surface area (Å²) in [5, 5.41) is 19.0. The van der Waals surface area contributed by atoms with Gasteiger partial charge in [0.25, 0.3) is 0 Å². The minimum absolute atomic E-state index is 0.244. The molecule has 0 spiro atoms. The highest BCUT2D eigenvalue weighted by molar-refractivity contribution is 5.80. The van der Waals surface area contributed by atoms with E-state index in [1.807, 2.05) is 0 Å². The predicted octanol–water partition coefficient (Wildman–Crippen LogP) is 0.483. The number of hydrogen-bond donors (Lipinski definition) is 2. The van der Waals surface area contributed by atoms with Gasteiger partial charge in [0, 0.05) is 12.7 Å². The number of rotatable bonds is 6. The zero-order valence-corrected chi connectivity index (χ0v) is 10.5. The minimum Gasteiger partial charge on any atom is -0.480 e. The van der Waals surface area contributed by atoms with Gasteiger partial charge in [-0.05, 0) is 30.9 Å². The van der Waals surface area contributed by atoms with Gasteiger partial charge in [-0.3, -0.25) is 4.79 Å². The standard InChI is InChI=1S/C12H16N4O3/c17-11(18)8-16(7-9-3-4-9)12(19)13-6-10-2-1-5-14-15-10/h1-2,5,9H,3-4,6-8H2,(H,13,19)(H,17,18). The van der Waals surface area contributed by atoms with Crippen molar-refractivity contribution in [2.45, 2.75) is 19.4 Å². The largest absolute Gasteiger partial charge is 0.480 e. The van der Waals surface area contributed by atoms with E-state index in [1.165, 1.54) is 4.90 Å². The van der Waals surface area contributed by atoms with Crippen LogP contribution in [0.15, 0.2) is 18.3 Å². The van der Waals surface area contributed by atoms with Crippen LogP contribution in [0, 0.1) is 5.92 Å². The molecule has 2 amide bonds. The predicted molar refractivity (Wildman–Crippen MR) is 66.2 cm³/mol. The van der Waals surface area contributed by atoms with Gasteiger partial charge in [0.1, 0.15) is 6.54 Å². The van der Waals surface area contributed by atoms with Crippen molar-refractivity contribution in [1.29, 1.82) is 0 Å². The Balaban J connectivity index is 1.85. The Morgan fingerprint density at radius 3 is 2.84 bits per heavy atom. The molecular weight excluding hydrogens is 248 g/mol. The Labute approximate surface area is 110 Å². The molecule has 2 rings (SSSR count). The van der Waals surface area contributed by atoms with E-state index in [1.54, 1.807) is 18.3 Å². The van der Waals surface area contributed by atoms with E-state index < -0.39 is 5.97 Å². The van der Waals surface area contributed by atoms with Crippen LogP contribution in [-0.4, -0.2) is 45.3 Å². The number of urea groups is 1. The van der Waals surface area contributed by atoms with Gasteiger partial charge >= 0.3 is 12.0 Å². The highest BCUT2D eigenvalue weighted by Gasteiger charge is 2.27. The van der Waals surface area contributed by atoms with Crippen LogP contribution in [0.25, 0.3) is 0 Å². The maximum atomic E-state index is 11.9. The monoisotopic (exact) mass is 264 g/mol. The molecule has 0 aromatic carbocycles. The molecular formula is C12H16N4O3. The lowest BCUT2D eigenvalue weighted by molar-refractivity contribution is -0.137. The van der Waals surface area contributed by atoms with Crippen LogP contribution < -0.4 is 5.32 Å². The molecule has 1 fully saturated rings. The molecule has 1 aromatic rings. The van der Waals surface area contributed by atoms with Gasteiger partial charge in [-0.2, -0.15) is 10.2 Å². The molecule has 1 aliphatic rings. The second-order valence-corrected chi connectivity index (χ2v) is 4.59. The lowest BCUT2D eigenvalue weighted by Gasteiger charge is -2.20. The quantitative estimate of drug-likeness (QED) is 0.779. The van der Waals surface area contributed by atoms with Crippen LogP contribution in [0.4, 0.5) is 4.79 Å². The first-order chi connectivity index (χ1) is 9.15. The summed E-state index contributed by atoms with van der Waals surface area (Å²) in [5.74, 6) is -0.558. The molecule has 2 N–H and O–H groups in total. The molecule has 1 heterocycles. The molecule has 0 saturated heterocycles. The zero-order valence-electron chi connectivity index (χ0n) is 10.5. The third-order valence-electron chi connectivity index (χ3n) is 2.84. The number of carboxylic acid groups (broad SMARTS) is 1. The smallest absolute Gasteiger partial charge is 0.323 e. The van der Waals surface area contributed by atoms with Gasteiger partial charge in [0.05, 0.1) is 12.2 Å². The fourth-order valence-corrected chi connectivity index (χ4v) is 1.70. The number of carboxylic acids is 1. The highest BCUT2D eigenvalue weighted by Crippen LogP contribution is 2.29. The number of carbonyl (C=O) groups excluding carboxylic acids is 1. The summed E-state index contributed by atoms with van der Waals surface area (Å²) >= 11 is 0. The summed E-state index contributed by atoms with van der Waals surface area (Å²) in [6.07, 6.45) is 3.68. The van der Waals surface area contributed by atoms with Crippen molar-refractivity contribution in [3.8, 4) is 0 Å². The lowest BCUT2D eigenvalue weighted by atomic mass is 10.3. The first-order valence-electron chi connectivity index (χ1n) is 6.16. The molecule has 0 atom stereocenters. The third kappa shape index (κ3) is 4.53. The average Bonchev–Trinajstić information content (AvgIpc) is 3.20. The van der Waals surface area contributed by atoms with Crippen molar-refractivity contribution in [3.05, 3.63) is 24.0 Å². The van der Waals surface area contributed by atoms with Crippen molar-refractivity contribution in [2.75, 3.05) is 13.1 Å². The Bertz CT molecular complexity index is 448. The molecule has 0 radical (unpaired) electrons. The first kappa shape index (κ1) is 13.3. The Hall–Kier alpha value is -2.18. The average molecular weight is 264 g/mol. The Morgan fingerprint density at radius 1 is 1.47 bits per heavy atom. The zero-order chi connectivity index (χ0) is 13.7. The molecule has 1 aromatic heterocycles. The fraction of sp³-hybridized carbons (Fsp3) is 0.500. The first-order valence-corrected chi connectivity index (χ1v) is 6.16. The maximum absolute atomic E-state index is 11.9. The van der Waals surface area contributed by atoms with Gasteiger partial charge < -0.3 is 15.3 Å². The molecule has 7 heteroatoms. The van der Waals surface area contributed by atoms with E-state index in [0.29, 0.717) is 18.2 Å². The highest BCUT2D eigenvalue weighted by atomic mass is 16.4. The van der Waals surface area contributed by atoms with Crippen LogP contribution >= 0.6 is 0 Å². The molecule has 19 heavy (non-hydrogen) atoms. The van der Waals surface area contributed by atoms with E-state index in [0.717, 1.165) is 12.8 Å². The number of nitrogens with one attached hydrogen (secondary N) is 1. The SMILES string of the molecule is O=C(O)CN(CC1CC1)C(=O)NCc1cccnn1. The van der Waals surface area contributed by atoms with Crippen LogP contribution in [0.3, 0.4) is 0 Å². The van der Waals surface area contributed by atoms with Gasteiger partial charge in [-0.1, -0.05) is 0 Å². The van der Waals surface area contributed by atoms with E-state index in [4.69, 9.17) is 5.11 Å². The van der Waals surface area contributed by atoms with E-state index in [9.17, 15) is 9.59 Å². The van der Waals surface area contributed by atoms with E-state index in [2.05, 4.69) is 15.5 Å². The summed E-state index contributed by atoms with van der Waals surface area (Å²) in [5.41, 5.74) is 0.637. The van der Waals surface area contributed by atoms with Crippen molar-refractivity contribution in [3.63, 3.8) is 0 Å². The van der Waals surface area contributed by atoms with E-state index in [-0.39, 0.29) is 19.1 Å². The normalized spacial score (nSPS) is 13.9. The molecule has 1 aliphatic carbocycles. The third-order valence-corrected chi connectivity index (χ3v) is 2.84. The number of carbonyl (C=O) groups is 2. The number of nitrogens with zero attached hydrogens (tertiary/aromatic N) is 3. The molecule has 0 aliphatic heterocycles. The van der Waals surface area contributed by atoms with Crippen molar-refractivity contribution in [1.82, 2.24) is 20.4 Å². The summed E-state index contributed by atoms with van der Waals surface area (Å²) in [6.45, 7) is 0.467. The number of amides is 2. The number of aromatic nitrogens is 2. The van der Waals surface area contributed by atoms with Crippen LogP contribution in [0.2, 0.25) is 0 Å². The van der Waals surface area contributed by atoms with Crippen molar-refractivity contribution < 1.29 is 14.7 Å². The summed E-state index contributed by atoms with van der Waals surface area (Å²) < 4.78 is 0. The number of aliphatic carboxylic acids is 1. The molecule has 0 unspecified atom stereocenters. The molecule has 1 saturated carbocycles. The summed E-state index contributed by atoms with van der Waals surface area (Å²) in [7, 11) is 0. The van der Waals surface area contributed by atoms with Gasteiger partial charge in [0.2, 0.25) is 0 Å². The van der Waals surface area contributed by atoms with E-state index >= 15 is 0 Å². The van der Waals surface area contributed by atoms with Gasteiger partial charge in [-0.25, -0.2) is 4.79 Å². The molecule has 7 nitrogen and oxygen atoms in total. The topological polar surface area (TPSA) is 95.4 Å². The maximum Gasteiger partial charge on any atom is 0.323 e. The lowest BCUT2D eigenvalue weighted by Crippen LogP contribution is -2.43. The van der Waals surface area contributed by atoms with Crippen LogP contribution in [0.5, 0.6) is 0 Å². The molecule has 0 bridgehead atoms. The fourth-order valence-electron chi connectivity index (χ4n) is 1.70. The Kier molecular flexibility index (Phi) is 4.27. The number of hydrogen-bond acceptors (Lipinski definition) is 4. The van der Waals surface area contributed by atoms with Crippen LogP contribution in [-0.2, 0) is 11.3 Å². The van der Waals surface area contributed by atoms with Gasteiger partial charge in [-0.15, -0.1) is 0 Å². The minimum atomic E-state index is -1.00. The van der Waals surface area contributed by atoms with Crippen molar-refractivity contribution >= 4 is 12.0 Å².